The van der Waals surface area contributed by atoms with Crippen molar-refractivity contribution in [3.8, 4) is 21.6 Å². The number of aromatic nitrogens is 4. The van der Waals surface area contributed by atoms with Crippen LogP contribution in [0.25, 0.3) is 32.6 Å². The average Bonchev–Trinajstić information content (AvgIpc) is 3.15. The van der Waals surface area contributed by atoms with Gasteiger partial charge in [-0.05, 0) is 58.2 Å². The van der Waals surface area contributed by atoms with E-state index in [1.54, 1.807) is 11.3 Å². The molecule has 0 unspecified atom stereocenters. The fraction of sp³-hybridized carbons (Fsp3) is 0.350. The van der Waals surface area contributed by atoms with Crippen LogP contribution < -0.4 is 0 Å². The summed E-state index contributed by atoms with van der Waals surface area (Å²) in [6, 6.07) is 4.39. The standard InChI is InChI=1S/C20H20N4OS/c1-9-17(11(3)25-24-9)14-7-15(19-10(2)21-12(4)26-19)18-16(8-14)22-20(23-18)13-5-6-13/h7-8,13H,5-6H2,1-4H3,(H,22,23). The van der Waals surface area contributed by atoms with Crippen molar-refractivity contribution in [2.45, 2.75) is 46.5 Å². The molecule has 3 heterocycles. The van der Waals surface area contributed by atoms with E-state index in [1.807, 2.05) is 13.8 Å². The van der Waals surface area contributed by atoms with Gasteiger partial charge in [-0.25, -0.2) is 9.97 Å². The number of aromatic amines is 1. The van der Waals surface area contributed by atoms with Gasteiger partial charge in [0, 0.05) is 17.0 Å². The predicted octanol–water partition coefficient (Wildman–Crippen LogP) is 5.45. The number of hydrogen-bond donors (Lipinski definition) is 1. The van der Waals surface area contributed by atoms with Crippen molar-refractivity contribution in [3.05, 3.63) is 40.1 Å². The lowest BCUT2D eigenvalue weighted by Crippen LogP contribution is -1.87. The van der Waals surface area contributed by atoms with Gasteiger partial charge in [0.15, 0.2) is 0 Å². The maximum atomic E-state index is 5.40. The molecule has 26 heavy (non-hydrogen) atoms. The summed E-state index contributed by atoms with van der Waals surface area (Å²) in [6.45, 7) is 8.07. The molecule has 1 aliphatic carbocycles. The smallest absolute Gasteiger partial charge is 0.141 e. The number of nitrogens with one attached hydrogen (secondary N) is 1. The molecule has 1 aromatic carbocycles. The number of fused-ring (bicyclic) bond motifs is 1. The number of H-pyrrole nitrogens is 1. The second-order valence-corrected chi connectivity index (χ2v) is 8.37. The van der Waals surface area contributed by atoms with Crippen molar-refractivity contribution in [1.29, 1.82) is 0 Å². The lowest BCUT2D eigenvalue weighted by atomic mass is 9.99. The maximum absolute atomic E-state index is 5.40. The maximum Gasteiger partial charge on any atom is 0.141 e. The van der Waals surface area contributed by atoms with Crippen molar-refractivity contribution in [2.75, 3.05) is 0 Å². The van der Waals surface area contributed by atoms with E-state index in [-0.39, 0.29) is 0 Å². The van der Waals surface area contributed by atoms with Crippen LogP contribution in [0.2, 0.25) is 0 Å². The highest BCUT2D eigenvalue weighted by Crippen LogP contribution is 2.43. The van der Waals surface area contributed by atoms with E-state index in [0.717, 1.165) is 55.7 Å². The quantitative estimate of drug-likeness (QED) is 0.525. The molecule has 3 aromatic heterocycles. The predicted molar refractivity (Wildman–Crippen MR) is 104 cm³/mol. The number of imidazole rings is 1. The summed E-state index contributed by atoms with van der Waals surface area (Å²) in [5, 5.41) is 5.20. The molecular formula is C20H20N4OS. The molecule has 6 heteroatoms. The highest BCUT2D eigenvalue weighted by Gasteiger charge is 2.28. The van der Waals surface area contributed by atoms with Gasteiger partial charge in [-0.3, -0.25) is 0 Å². The molecule has 5 nitrogen and oxygen atoms in total. The molecule has 0 aliphatic heterocycles. The minimum atomic E-state index is 0.585. The first kappa shape index (κ1) is 15.8. The number of rotatable bonds is 3. The Hall–Kier alpha value is -2.47. The first-order valence-electron chi connectivity index (χ1n) is 8.92. The Morgan fingerprint density at radius 1 is 1.08 bits per heavy atom. The van der Waals surface area contributed by atoms with Crippen molar-refractivity contribution in [2.24, 2.45) is 0 Å². The van der Waals surface area contributed by atoms with Gasteiger partial charge in [-0.15, -0.1) is 11.3 Å². The number of thiazole rings is 1. The number of hydrogen-bond acceptors (Lipinski definition) is 5. The van der Waals surface area contributed by atoms with Gasteiger partial charge in [0.1, 0.15) is 11.6 Å². The summed E-state index contributed by atoms with van der Waals surface area (Å²) >= 11 is 1.73. The topological polar surface area (TPSA) is 67.6 Å². The van der Waals surface area contributed by atoms with Crippen molar-refractivity contribution in [1.82, 2.24) is 20.1 Å². The SMILES string of the molecule is Cc1nc(C)c(-c2cc(-c3c(C)noc3C)cc3[nH]c(C4CC4)nc23)s1. The monoisotopic (exact) mass is 364 g/mol. The molecule has 1 saturated carbocycles. The number of benzene rings is 1. The fourth-order valence-electron chi connectivity index (χ4n) is 3.68. The molecule has 0 radical (unpaired) electrons. The van der Waals surface area contributed by atoms with Gasteiger partial charge in [-0.1, -0.05) is 5.16 Å². The largest absolute Gasteiger partial charge is 0.361 e. The van der Waals surface area contributed by atoms with Crippen LogP contribution in [-0.2, 0) is 0 Å². The zero-order valence-electron chi connectivity index (χ0n) is 15.3. The number of aryl methyl sites for hydroxylation is 4. The molecule has 1 fully saturated rings. The zero-order valence-corrected chi connectivity index (χ0v) is 16.1. The van der Waals surface area contributed by atoms with Crippen LogP contribution in [-0.4, -0.2) is 20.1 Å². The van der Waals surface area contributed by atoms with Gasteiger partial charge in [-0.2, -0.15) is 0 Å². The third kappa shape index (κ3) is 2.40. The second-order valence-electron chi connectivity index (χ2n) is 7.16. The Balaban J connectivity index is 1.81. The summed E-state index contributed by atoms with van der Waals surface area (Å²) in [5.41, 5.74) is 7.39. The van der Waals surface area contributed by atoms with E-state index in [4.69, 9.17) is 9.51 Å². The Labute approximate surface area is 155 Å². The molecule has 1 N–H and O–H groups in total. The molecule has 5 rings (SSSR count). The van der Waals surface area contributed by atoms with Gasteiger partial charge < -0.3 is 9.51 Å². The first-order valence-corrected chi connectivity index (χ1v) is 9.74. The average molecular weight is 364 g/mol. The van der Waals surface area contributed by atoms with Crippen LogP contribution in [0.15, 0.2) is 16.7 Å². The van der Waals surface area contributed by atoms with E-state index in [1.165, 1.54) is 17.7 Å². The van der Waals surface area contributed by atoms with E-state index in [9.17, 15) is 0 Å². The highest BCUT2D eigenvalue weighted by atomic mass is 32.1. The third-order valence-corrected chi connectivity index (χ3v) is 6.15. The van der Waals surface area contributed by atoms with E-state index in [2.05, 4.69) is 41.1 Å². The lowest BCUT2D eigenvalue weighted by Gasteiger charge is -2.06. The third-order valence-electron chi connectivity index (χ3n) is 5.04. The molecule has 4 aromatic rings. The molecule has 132 valence electrons. The fourth-order valence-corrected chi connectivity index (χ4v) is 4.62. The summed E-state index contributed by atoms with van der Waals surface area (Å²) in [4.78, 5) is 14.3. The lowest BCUT2D eigenvalue weighted by molar-refractivity contribution is 0.393. The van der Waals surface area contributed by atoms with Gasteiger partial charge in [0.05, 0.1) is 32.3 Å². The molecule has 0 amide bonds. The molecule has 0 bridgehead atoms. The van der Waals surface area contributed by atoms with E-state index >= 15 is 0 Å². The second kappa shape index (κ2) is 5.51. The highest BCUT2D eigenvalue weighted by molar-refractivity contribution is 7.15. The Kier molecular flexibility index (Phi) is 3.34. The van der Waals surface area contributed by atoms with Crippen LogP contribution in [0.5, 0.6) is 0 Å². The summed E-state index contributed by atoms with van der Waals surface area (Å²) in [5.74, 6) is 2.53. The Bertz CT molecular complexity index is 1130. The molecule has 0 saturated heterocycles. The molecular weight excluding hydrogens is 344 g/mol. The van der Waals surface area contributed by atoms with Crippen LogP contribution in [0, 0.1) is 27.7 Å². The van der Waals surface area contributed by atoms with Crippen molar-refractivity contribution in [3.63, 3.8) is 0 Å². The minimum absolute atomic E-state index is 0.585. The molecule has 0 spiro atoms. The molecule has 1 aliphatic rings. The van der Waals surface area contributed by atoms with Gasteiger partial charge in [0.25, 0.3) is 0 Å². The van der Waals surface area contributed by atoms with Gasteiger partial charge in [0.2, 0.25) is 0 Å². The van der Waals surface area contributed by atoms with Crippen LogP contribution in [0.4, 0.5) is 0 Å². The van der Waals surface area contributed by atoms with E-state index < -0.39 is 0 Å². The number of nitrogens with zero attached hydrogens (tertiary/aromatic N) is 3. The summed E-state index contributed by atoms with van der Waals surface area (Å²) in [6.07, 6.45) is 2.45. The van der Waals surface area contributed by atoms with Crippen molar-refractivity contribution >= 4 is 22.4 Å². The Morgan fingerprint density at radius 3 is 2.50 bits per heavy atom. The summed E-state index contributed by atoms with van der Waals surface area (Å²) in [7, 11) is 0. The van der Waals surface area contributed by atoms with Crippen molar-refractivity contribution < 1.29 is 4.52 Å². The van der Waals surface area contributed by atoms with Gasteiger partial charge >= 0.3 is 0 Å². The van der Waals surface area contributed by atoms with Crippen LogP contribution in [0.1, 0.15) is 46.7 Å². The van der Waals surface area contributed by atoms with E-state index in [0.29, 0.717) is 5.92 Å². The zero-order chi connectivity index (χ0) is 18.0. The minimum Gasteiger partial charge on any atom is -0.361 e. The van der Waals surface area contributed by atoms with Crippen LogP contribution >= 0.6 is 11.3 Å². The Morgan fingerprint density at radius 2 is 1.88 bits per heavy atom. The summed E-state index contributed by atoms with van der Waals surface area (Å²) < 4.78 is 5.40. The first-order chi connectivity index (χ1) is 12.5. The van der Waals surface area contributed by atoms with Crippen LogP contribution in [0.3, 0.4) is 0 Å². The normalized spacial score (nSPS) is 14.5. The molecule has 0 atom stereocenters.